The molecule has 0 radical (unpaired) electrons. The van der Waals surface area contributed by atoms with Gasteiger partial charge in [0.1, 0.15) is 0 Å². The lowest BCUT2D eigenvalue weighted by atomic mass is 9.87. The summed E-state index contributed by atoms with van der Waals surface area (Å²) in [6, 6.07) is 15.6. The second-order valence-electron chi connectivity index (χ2n) is 8.88. The third kappa shape index (κ3) is 5.32. The van der Waals surface area contributed by atoms with Gasteiger partial charge >= 0.3 is 6.03 Å². The molecule has 1 saturated heterocycles. The molecular weight excluding hydrogens is 402 g/mol. The molecule has 0 saturated carbocycles. The normalized spacial score (nSPS) is 14.2. The van der Waals surface area contributed by atoms with Gasteiger partial charge in [-0.3, -0.25) is 4.98 Å². The number of rotatable bonds is 4. The number of nitrogens with zero attached hydrogens (tertiary/aromatic N) is 5. The van der Waals surface area contributed by atoms with E-state index >= 15 is 0 Å². The van der Waals surface area contributed by atoms with Gasteiger partial charge in [-0.2, -0.15) is 0 Å². The van der Waals surface area contributed by atoms with Crippen molar-refractivity contribution < 1.29 is 4.79 Å². The third-order valence-electron chi connectivity index (χ3n) is 5.48. The molecule has 3 aromatic rings. The first kappa shape index (κ1) is 21.5. The predicted molar refractivity (Wildman–Crippen MR) is 127 cm³/mol. The van der Waals surface area contributed by atoms with Gasteiger partial charge in [0.05, 0.1) is 11.9 Å². The Kier molecular flexibility index (Phi) is 6.20. The van der Waals surface area contributed by atoms with Crippen molar-refractivity contribution in [2.24, 2.45) is 0 Å². The Bertz CT molecular complexity index is 1020. The van der Waals surface area contributed by atoms with Gasteiger partial charge in [-0.1, -0.05) is 32.9 Å². The smallest absolute Gasteiger partial charge is 0.321 e. The van der Waals surface area contributed by atoms with E-state index in [1.165, 1.54) is 5.56 Å². The fourth-order valence-electron chi connectivity index (χ4n) is 3.54. The van der Waals surface area contributed by atoms with Crippen LogP contribution >= 0.6 is 0 Å². The molecule has 1 aliphatic heterocycles. The summed E-state index contributed by atoms with van der Waals surface area (Å²) in [6.07, 6.45) is 3.46. The quantitative estimate of drug-likeness (QED) is 0.642. The number of urea groups is 1. The number of benzene rings is 1. The minimum atomic E-state index is -0.0738. The molecule has 0 unspecified atom stereocenters. The monoisotopic (exact) mass is 431 g/mol. The fraction of sp³-hybridized carbons (Fsp3) is 0.333. The lowest BCUT2D eigenvalue weighted by Gasteiger charge is -2.35. The molecule has 0 atom stereocenters. The van der Waals surface area contributed by atoms with Crippen LogP contribution in [0, 0.1) is 0 Å². The van der Waals surface area contributed by atoms with E-state index in [2.05, 4.69) is 63.6 Å². The minimum absolute atomic E-state index is 0.0738. The zero-order valence-electron chi connectivity index (χ0n) is 18.7. The Hall–Kier alpha value is -3.68. The summed E-state index contributed by atoms with van der Waals surface area (Å²) in [5, 5.41) is 14.8. The molecule has 166 valence electrons. The summed E-state index contributed by atoms with van der Waals surface area (Å²) in [7, 11) is 0. The molecule has 2 amide bonds. The van der Waals surface area contributed by atoms with Gasteiger partial charge in [0.25, 0.3) is 0 Å². The van der Waals surface area contributed by atoms with Gasteiger partial charge in [0.2, 0.25) is 0 Å². The van der Waals surface area contributed by atoms with E-state index in [9.17, 15) is 4.79 Å². The van der Waals surface area contributed by atoms with Crippen LogP contribution in [0.15, 0.2) is 60.9 Å². The summed E-state index contributed by atoms with van der Waals surface area (Å²) in [5.74, 6) is 1.47. The van der Waals surface area contributed by atoms with Crippen LogP contribution in [0.5, 0.6) is 0 Å². The van der Waals surface area contributed by atoms with Gasteiger partial charge in [0.15, 0.2) is 11.6 Å². The molecule has 1 aliphatic rings. The maximum atomic E-state index is 12.7. The summed E-state index contributed by atoms with van der Waals surface area (Å²) < 4.78 is 0. The number of carbonyl (C=O) groups excluding carboxylic acids is 1. The van der Waals surface area contributed by atoms with Crippen LogP contribution in [0.25, 0.3) is 0 Å². The number of hydrogen-bond donors (Lipinski definition) is 2. The first-order chi connectivity index (χ1) is 15.4. The number of piperazine rings is 1. The number of aromatic nitrogens is 3. The van der Waals surface area contributed by atoms with Crippen molar-refractivity contribution in [1.29, 1.82) is 0 Å². The summed E-state index contributed by atoms with van der Waals surface area (Å²) in [5.41, 5.74) is 3.01. The highest BCUT2D eigenvalue weighted by Crippen LogP contribution is 2.24. The van der Waals surface area contributed by atoms with Gasteiger partial charge in [-0.05, 0) is 47.4 Å². The Labute approximate surface area is 188 Å². The highest BCUT2D eigenvalue weighted by Gasteiger charge is 2.22. The second kappa shape index (κ2) is 9.21. The van der Waals surface area contributed by atoms with Crippen LogP contribution in [0.2, 0.25) is 0 Å². The van der Waals surface area contributed by atoms with Gasteiger partial charge in [-0.25, -0.2) is 4.79 Å². The van der Waals surface area contributed by atoms with Crippen LogP contribution < -0.4 is 15.5 Å². The number of carbonyl (C=O) groups is 1. The maximum absolute atomic E-state index is 12.7. The van der Waals surface area contributed by atoms with Gasteiger partial charge in [-0.15, -0.1) is 10.2 Å². The van der Waals surface area contributed by atoms with Crippen LogP contribution in [0.1, 0.15) is 26.3 Å². The maximum Gasteiger partial charge on any atom is 0.321 e. The number of amides is 2. The molecule has 4 rings (SSSR count). The van der Waals surface area contributed by atoms with Crippen molar-refractivity contribution in [2.45, 2.75) is 26.2 Å². The number of pyridine rings is 1. The van der Waals surface area contributed by atoms with E-state index in [-0.39, 0.29) is 11.4 Å². The van der Waals surface area contributed by atoms with E-state index in [1.54, 1.807) is 12.4 Å². The topological polar surface area (TPSA) is 86.3 Å². The van der Waals surface area contributed by atoms with E-state index in [1.807, 2.05) is 41.3 Å². The lowest BCUT2D eigenvalue weighted by molar-refractivity contribution is 0.208. The number of anilines is 4. The van der Waals surface area contributed by atoms with Crippen molar-refractivity contribution in [1.82, 2.24) is 20.1 Å². The summed E-state index contributed by atoms with van der Waals surface area (Å²) >= 11 is 0. The molecule has 2 N–H and O–H groups in total. The largest absolute Gasteiger partial charge is 0.352 e. The molecule has 8 heteroatoms. The molecule has 0 bridgehead atoms. The van der Waals surface area contributed by atoms with Crippen molar-refractivity contribution in [2.75, 3.05) is 41.7 Å². The molecule has 1 fully saturated rings. The third-order valence-corrected chi connectivity index (χ3v) is 5.48. The SMILES string of the molecule is CC(C)(C)c1ccc(NC(=O)N2CCN(c3ccc(Nc4cccnc4)nn3)CC2)cc1. The molecule has 32 heavy (non-hydrogen) atoms. The molecule has 0 aliphatic carbocycles. The fourth-order valence-corrected chi connectivity index (χ4v) is 3.54. The Morgan fingerprint density at radius 2 is 1.66 bits per heavy atom. The summed E-state index contributed by atoms with van der Waals surface area (Å²) in [6.45, 7) is 9.20. The molecule has 2 aromatic heterocycles. The van der Waals surface area contributed by atoms with Crippen molar-refractivity contribution in [3.8, 4) is 0 Å². The van der Waals surface area contributed by atoms with Crippen LogP contribution in [-0.2, 0) is 5.41 Å². The minimum Gasteiger partial charge on any atom is -0.352 e. The van der Waals surface area contributed by atoms with Crippen molar-refractivity contribution in [3.63, 3.8) is 0 Å². The van der Waals surface area contributed by atoms with E-state index < -0.39 is 0 Å². The van der Waals surface area contributed by atoms with E-state index in [0.29, 0.717) is 32.0 Å². The molecule has 8 nitrogen and oxygen atoms in total. The average molecular weight is 432 g/mol. The zero-order valence-corrected chi connectivity index (χ0v) is 18.7. The predicted octanol–water partition coefficient (Wildman–Crippen LogP) is 4.27. The highest BCUT2D eigenvalue weighted by atomic mass is 16.2. The number of hydrogen-bond acceptors (Lipinski definition) is 6. The van der Waals surface area contributed by atoms with Crippen LogP contribution in [0.4, 0.5) is 27.8 Å². The molecular formula is C24H29N7O. The van der Waals surface area contributed by atoms with Crippen LogP contribution in [0.3, 0.4) is 0 Å². The summed E-state index contributed by atoms with van der Waals surface area (Å²) in [4.78, 5) is 20.7. The van der Waals surface area contributed by atoms with E-state index in [0.717, 1.165) is 17.2 Å². The van der Waals surface area contributed by atoms with Crippen molar-refractivity contribution in [3.05, 3.63) is 66.5 Å². The van der Waals surface area contributed by atoms with Gasteiger partial charge < -0.3 is 20.4 Å². The van der Waals surface area contributed by atoms with Gasteiger partial charge in [0, 0.05) is 38.1 Å². The molecule has 0 spiro atoms. The molecule has 1 aromatic carbocycles. The Morgan fingerprint density at radius 1 is 0.906 bits per heavy atom. The number of nitrogens with one attached hydrogen (secondary N) is 2. The highest BCUT2D eigenvalue weighted by molar-refractivity contribution is 5.89. The standard InChI is InChI=1S/C24H29N7O/c1-24(2,3)18-6-8-19(9-7-18)27-23(32)31-15-13-30(14-16-31)22-11-10-21(28-29-22)26-20-5-4-12-25-17-20/h4-12,17H,13-16H2,1-3H3,(H,26,28)(H,27,32). The Balaban J connectivity index is 1.28. The van der Waals surface area contributed by atoms with E-state index in [4.69, 9.17) is 0 Å². The lowest BCUT2D eigenvalue weighted by Crippen LogP contribution is -2.50. The molecule has 3 heterocycles. The second-order valence-corrected chi connectivity index (χ2v) is 8.88. The zero-order chi connectivity index (χ0) is 22.6. The average Bonchev–Trinajstić information content (AvgIpc) is 2.80. The van der Waals surface area contributed by atoms with Crippen LogP contribution in [-0.4, -0.2) is 52.3 Å². The van der Waals surface area contributed by atoms with Crippen molar-refractivity contribution >= 4 is 29.0 Å². The first-order valence-electron chi connectivity index (χ1n) is 10.8. The Morgan fingerprint density at radius 3 is 2.25 bits per heavy atom. The first-order valence-corrected chi connectivity index (χ1v) is 10.8.